The molecule has 5 heteroatoms. The fraction of sp³-hybridized carbons (Fsp3) is 0.158. The molecule has 2 aromatic carbocycles. The van der Waals surface area contributed by atoms with Gasteiger partial charge >= 0.3 is 0 Å². The summed E-state index contributed by atoms with van der Waals surface area (Å²) in [7, 11) is 0. The van der Waals surface area contributed by atoms with Crippen LogP contribution in [0.15, 0.2) is 65.1 Å². The Bertz CT molecular complexity index is 822. The lowest BCUT2D eigenvalue weighted by atomic mass is 10.2. The predicted molar refractivity (Wildman–Crippen MR) is 90.7 cm³/mol. The first-order valence-electron chi connectivity index (χ1n) is 7.71. The molecule has 0 unspecified atom stereocenters. The number of fused-ring (bicyclic) bond motifs is 1. The van der Waals surface area contributed by atoms with Crippen molar-refractivity contribution < 1.29 is 14.0 Å². The number of carbonyl (C=O) groups is 2. The molecule has 3 aromatic rings. The molecule has 2 amide bonds. The van der Waals surface area contributed by atoms with Crippen LogP contribution in [0.3, 0.4) is 0 Å². The summed E-state index contributed by atoms with van der Waals surface area (Å²) >= 11 is 0. The number of hydrogen-bond donors (Lipinski definition) is 1. The zero-order valence-corrected chi connectivity index (χ0v) is 13.4. The van der Waals surface area contributed by atoms with Gasteiger partial charge in [-0.05, 0) is 17.7 Å². The third kappa shape index (κ3) is 3.81. The number of nitrogens with one attached hydrogen (secondary N) is 1. The highest BCUT2D eigenvalue weighted by Gasteiger charge is 2.18. The molecule has 0 radical (unpaired) electrons. The van der Waals surface area contributed by atoms with Gasteiger partial charge in [-0.25, -0.2) is 5.01 Å². The number of furan rings is 1. The summed E-state index contributed by atoms with van der Waals surface area (Å²) in [4.78, 5) is 24.0. The highest BCUT2D eigenvalue weighted by atomic mass is 16.3. The van der Waals surface area contributed by atoms with Crippen LogP contribution in [0, 0.1) is 0 Å². The van der Waals surface area contributed by atoms with Crippen LogP contribution in [0.25, 0.3) is 11.0 Å². The summed E-state index contributed by atoms with van der Waals surface area (Å²) in [6.07, 6.45) is 0.0851. The Balaban J connectivity index is 1.76. The normalized spacial score (nSPS) is 10.5. The van der Waals surface area contributed by atoms with Crippen molar-refractivity contribution in [2.24, 2.45) is 0 Å². The van der Waals surface area contributed by atoms with Gasteiger partial charge in [-0.1, -0.05) is 48.5 Å². The Morgan fingerprint density at radius 2 is 1.75 bits per heavy atom. The average Bonchev–Trinajstić information content (AvgIpc) is 2.97. The number of rotatable bonds is 4. The lowest BCUT2D eigenvalue weighted by molar-refractivity contribution is -0.141. The summed E-state index contributed by atoms with van der Waals surface area (Å²) in [5.41, 5.74) is 4.26. The van der Waals surface area contributed by atoms with Crippen LogP contribution in [-0.4, -0.2) is 16.8 Å². The topological polar surface area (TPSA) is 62.6 Å². The van der Waals surface area contributed by atoms with Crippen molar-refractivity contribution in [3.8, 4) is 0 Å². The van der Waals surface area contributed by atoms with E-state index in [4.69, 9.17) is 4.42 Å². The molecule has 0 aliphatic rings. The molecule has 0 aliphatic heterocycles. The number of para-hydroxylation sites is 1. The molecular formula is C19H18N2O3. The van der Waals surface area contributed by atoms with E-state index in [9.17, 15) is 9.59 Å². The molecule has 0 aliphatic carbocycles. The van der Waals surface area contributed by atoms with E-state index in [0.717, 1.165) is 16.5 Å². The minimum absolute atomic E-state index is 0.0851. The van der Waals surface area contributed by atoms with Gasteiger partial charge in [-0.15, -0.1) is 0 Å². The minimum atomic E-state index is -0.288. The molecule has 0 bridgehead atoms. The van der Waals surface area contributed by atoms with Gasteiger partial charge in [0.1, 0.15) is 11.3 Å². The van der Waals surface area contributed by atoms with Gasteiger partial charge in [0.15, 0.2) is 0 Å². The number of hydrogen-bond acceptors (Lipinski definition) is 3. The molecule has 3 rings (SSSR count). The molecule has 0 spiro atoms. The van der Waals surface area contributed by atoms with Crippen LogP contribution in [0.2, 0.25) is 0 Å². The summed E-state index contributed by atoms with van der Waals surface area (Å²) in [6.45, 7) is 1.69. The standard InChI is InChI=1S/C19H18N2O3/c1-14(22)20-21(13-15-7-3-2-4-8-15)19(23)12-17-11-16-9-5-6-10-18(16)24-17/h2-11H,12-13H2,1H3,(H,20,22). The predicted octanol–water partition coefficient (Wildman–Crippen LogP) is 3.06. The second kappa shape index (κ2) is 7.00. The average molecular weight is 322 g/mol. The van der Waals surface area contributed by atoms with Crippen molar-refractivity contribution >= 4 is 22.8 Å². The molecule has 0 saturated carbocycles. The van der Waals surface area contributed by atoms with Gasteiger partial charge in [0.25, 0.3) is 0 Å². The fourth-order valence-electron chi connectivity index (χ4n) is 2.51. The van der Waals surface area contributed by atoms with Crippen LogP contribution < -0.4 is 5.43 Å². The lowest BCUT2D eigenvalue weighted by Gasteiger charge is -2.22. The SMILES string of the molecule is CC(=O)NN(Cc1ccccc1)C(=O)Cc1cc2ccccc2o1. The first-order chi connectivity index (χ1) is 11.6. The number of carbonyl (C=O) groups excluding carboxylic acids is 2. The Morgan fingerprint density at radius 3 is 2.46 bits per heavy atom. The van der Waals surface area contributed by atoms with Gasteiger partial charge in [-0.3, -0.25) is 15.0 Å². The Labute approximate surface area is 139 Å². The second-order valence-electron chi connectivity index (χ2n) is 5.56. The van der Waals surface area contributed by atoms with Gasteiger partial charge in [0.05, 0.1) is 13.0 Å². The van der Waals surface area contributed by atoms with Crippen molar-refractivity contribution in [3.05, 3.63) is 72.0 Å². The highest BCUT2D eigenvalue weighted by molar-refractivity contribution is 5.84. The third-order valence-corrected chi connectivity index (χ3v) is 3.58. The maximum Gasteiger partial charge on any atom is 0.248 e. The van der Waals surface area contributed by atoms with Gasteiger partial charge in [0, 0.05) is 12.3 Å². The summed E-state index contributed by atoms with van der Waals surface area (Å²) in [6, 6.07) is 19.0. The van der Waals surface area contributed by atoms with Crippen LogP contribution in [0.1, 0.15) is 18.2 Å². The monoisotopic (exact) mass is 322 g/mol. The molecule has 0 atom stereocenters. The highest BCUT2D eigenvalue weighted by Crippen LogP contribution is 2.19. The van der Waals surface area contributed by atoms with E-state index < -0.39 is 0 Å². The fourth-order valence-corrected chi connectivity index (χ4v) is 2.51. The molecular weight excluding hydrogens is 304 g/mol. The Morgan fingerprint density at radius 1 is 1.04 bits per heavy atom. The molecule has 24 heavy (non-hydrogen) atoms. The van der Waals surface area contributed by atoms with E-state index in [1.165, 1.54) is 11.9 Å². The van der Waals surface area contributed by atoms with Crippen molar-refractivity contribution in [1.82, 2.24) is 10.4 Å². The molecule has 5 nitrogen and oxygen atoms in total. The van der Waals surface area contributed by atoms with Crippen LogP contribution in [0.5, 0.6) is 0 Å². The first kappa shape index (κ1) is 15.8. The van der Waals surface area contributed by atoms with E-state index in [2.05, 4.69) is 5.43 Å². The Hall–Kier alpha value is -3.08. The van der Waals surface area contributed by atoms with Crippen LogP contribution >= 0.6 is 0 Å². The van der Waals surface area contributed by atoms with Crippen molar-refractivity contribution in [3.63, 3.8) is 0 Å². The largest absolute Gasteiger partial charge is 0.461 e. The minimum Gasteiger partial charge on any atom is -0.461 e. The summed E-state index contributed by atoms with van der Waals surface area (Å²) in [5, 5.41) is 2.28. The number of nitrogens with zero attached hydrogens (tertiary/aromatic N) is 1. The zero-order chi connectivity index (χ0) is 16.9. The van der Waals surface area contributed by atoms with Crippen LogP contribution in [-0.2, 0) is 22.6 Å². The quantitative estimate of drug-likeness (QED) is 0.751. The maximum atomic E-state index is 12.6. The van der Waals surface area contributed by atoms with Crippen LogP contribution in [0.4, 0.5) is 0 Å². The first-order valence-corrected chi connectivity index (χ1v) is 7.71. The van der Waals surface area contributed by atoms with E-state index in [0.29, 0.717) is 12.3 Å². The zero-order valence-electron chi connectivity index (χ0n) is 13.4. The number of hydrazine groups is 1. The summed E-state index contributed by atoms with van der Waals surface area (Å²) in [5.74, 6) is 0.0570. The van der Waals surface area contributed by atoms with Gasteiger partial charge in [0.2, 0.25) is 11.8 Å². The Kier molecular flexibility index (Phi) is 4.61. The van der Waals surface area contributed by atoms with Gasteiger partial charge < -0.3 is 4.42 Å². The smallest absolute Gasteiger partial charge is 0.248 e. The number of amides is 2. The van der Waals surface area contributed by atoms with Crippen molar-refractivity contribution in [1.29, 1.82) is 0 Å². The third-order valence-electron chi connectivity index (χ3n) is 3.58. The van der Waals surface area contributed by atoms with E-state index >= 15 is 0 Å². The molecule has 1 N–H and O–H groups in total. The maximum absolute atomic E-state index is 12.6. The van der Waals surface area contributed by atoms with E-state index in [1.54, 1.807) is 0 Å². The molecule has 0 fully saturated rings. The molecule has 0 saturated heterocycles. The summed E-state index contributed by atoms with van der Waals surface area (Å²) < 4.78 is 5.68. The van der Waals surface area contributed by atoms with E-state index in [1.807, 2.05) is 60.7 Å². The van der Waals surface area contributed by atoms with Gasteiger partial charge in [-0.2, -0.15) is 0 Å². The molecule has 1 heterocycles. The number of benzene rings is 2. The van der Waals surface area contributed by atoms with Crippen molar-refractivity contribution in [2.75, 3.05) is 0 Å². The lowest BCUT2D eigenvalue weighted by Crippen LogP contribution is -2.45. The molecule has 122 valence electrons. The van der Waals surface area contributed by atoms with Crippen molar-refractivity contribution in [2.45, 2.75) is 19.9 Å². The van der Waals surface area contributed by atoms with E-state index in [-0.39, 0.29) is 18.2 Å². The second-order valence-corrected chi connectivity index (χ2v) is 5.56. The molecule has 1 aromatic heterocycles.